The summed E-state index contributed by atoms with van der Waals surface area (Å²) in [5, 5.41) is 1.84. The van der Waals surface area contributed by atoms with E-state index in [0.29, 0.717) is 0 Å². The van der Waals surface area contributed by atoms with E-state index < -0.39 is 7.80 Å². The summed E-state index contributed by atoms with van der Waals surface area (Å²) in [6, 6.07) is 19.2. The summed E-state index contributed by atoms with van der Waals surface area (Å²) in [6.07, 6.45) is 0. The van der Waals surface area contributed by atoms with Crippen LogP contribution in [0.4, 0.5) is 0 Å². The van der Waals surface area contributed by atoms with Gasteiger partial charge in [0, 0.05) is 10.6 Å². The fourth-order valence-electron chi connectivity index (χ4n) is 1.35. The first-order valence-electron chi connectivity index (χ1n) is 4.53. The average Bonchev–Trinajstić information content (AvgIpc) is 2.30. The van der Waals surface area contributed by atoms with E-state index in [1.807, 2.05) is 60.7 Å². The topological polar surface area (TPSA) is 17.1 Å². The van der Waals surface area contributed by atoms with E-state index in [2.05, 4.69) is 0 Å². The molecule has 0 unspecified atom stereocenters. The molecule has 1 nitrogen and oxygen atoms in total. The van der Waals surface area contributed by atoms with E-state index >= 15 is 0 Å². The van der Waals surface area contributed by atoms with Gasteiger partial charge in [0.2, 0.25) is 0 Å². The van der Waals surface area contributed by atoms with Crippen molar-refractivity contribution in [2.75, 3.05) is 0 Å². The predicted molar refractivity (Wildman–Crippen MR) is 67.6 cm³/mol. The molecule has 0 bridgehead atoms. The van der Waals surface area contributed by atoms with Gasteiger partial charge in [-0.15, -0.1) is 0 Å². The SMILES string of the molecule is O=[PH](c1ccccc1)c1ccccc1.[CH3-].[Cu+]. The Labute approximate surface area is 108 Å². The molecule has 0 saturated heterocycles. The molecule has 0 aliphatic rings. The Morgan fingerprint density at radius 2 is 1.00 bits per heavy atom. The molecule has 2 aromatic rings. The van der Waals surface area contributed by atoms with Gasteiger partial charge in [0.05, 0.1) is 0 Å². The third kappa shape index (κ3) is 3.64. The van der Waals surface area contributed by atoms with Gasteiger partial charge in [-0.2, -0.15) is 0 Å². The molecule has 0 heterocycles. The Morgan fingerprint density at radius 1 is 0.688 bits per heavy atom. The molecule has 0 saturated carbocycles. The smallest absolute Gasteiger partial charge is 0.358 e. The van der Waals surface area contributed by atoms with Crippen molar-refractivity contribution < 1.29 is 21.6 Å². The van der Waals surface area contributed by atoms with E-state index in [1.54, 1.807) is 0 Å². The van der Waals surface area contributed by atoms with Crippen molar-refractivity contribution >= 4 is 18.4 Å². The quantitative estimate of drug-likeness (QED) is 0.470. The van der Waals surface area contributed by atoms with Gasteiger partial charge in [0.15, 0.2) is 0 Å². The number of hydrogen-bond donors (Lipinski definition) is 0. The molecular formula is C13H14CuOP. The van der Waals surface area contributed by atoms with E-state index in [0.717, 1.165) is 10.6 Å². The zero-order chi connectivity index (χ0) is 9.80. The first-order chi connectivity index (χ1) is 6.88. The van der Waals surface area contributed by atoms with Crippen molar-refractivity contribution in [1.82, 2.24) is 0 Å². The van der Waals surface area contributed by atoms with Gasteiger partial charge in [-0.05, 0) is 0 Å². The van der Waals surface area contributed by atoms with Crippen LogP contribution >= 0.6 is 7.80 Å². The molecule has 0 radical (unpaired) electrons. The molecule has 0 amide bonds. The maximum absolute atomic E-state index is 12.0. The van der Waals surface area contributed by atoms with Crippen molar-refractivity contribution in [3.63, 3.8) is 0 Å². The first-order valence-corrected chi connectivity index (χ1v) is 5.93. The fourth-order valence-corrected chi connectivity index (χ4v) is 2.67. The molecule has 0 spiro atoms. The van der Waals surface area contributed by atoms with Gasteiger partial charge >= 0.3 is 17.1 Å². The molecule has 0 aromatic heterocycles. The summed E-state index contributed by atoms with van der Waals surface area (Å²) < 4.78 is 12.0. The molecule has 0 atom stereocenters. The Balaban J connectivity index is 0.00000112. The zero-order valence-corrected chi connectivity index (χ0v) is 10.9. The number of rotatable bonds is 2. The van der Waals surface area contributed by atoms with E-state index in [9.17, 15) is 4.57 Å². The van der Waals surface area contributed by atoms with Crippen molar-refractivity contribution in [3.8, 4) is 0 Å². The molecule has 88 valence electrons. The van der Waals surface area contributed by atoms with Crippen LogP contribution in [0, 0.1) is 7.43 Å². The molecule has 2 rings (SSSR count). The van der Waals surface area contributed by atoms with Crippen LogP contribution in [0.5, 0.6) is 0 Å². The van der Waals surface area contributed by atoms with Gasteiger partial charge in [0.1, 0.15) is 7.80 Å². The van der Waals surface area contributed by atoms with Crippen LogP contribution in [0.1, 0.15) is 0 Å². The van der Waals surface area contributed by atoms with Crippen molar-refractivity contribution in [3.05, 3.63) is 68.1 Å². The van der Waals surface area contributed by atoms with Gasteiger partial charge in [-0.1, -0.05) is 60.7 Å². The van der Waals surface area contributed by atoms with Crippen LogP contribution < -0.4 is 10.6 Å². The molecule has 2 aromatic carbocycles. The van der Waals surface area contributed by atoms with Crippen LogP contribution in [-0.4, -0.2) is 0 Å². The fraction of sp³-hybridized carbons (Fsp3) is 0. The van der Waals surface area contributed by atoms with Gasteiger partial charge in [-0.25, -0.2) is 0 Å². The van der Waals surface area contributed by atoms with Gasteiger partial charge in [-0.3, -0.25) is 0 Å². The molecule has 16 heavy (non-hydrogen) atoms. The Kier molecular flexibility index (Phi) is 7.08. The average molecular weight is 281 g/mol. The molecule has 0 aliphatic heterocycles. The molecular weight excluding hydrogens is 267 g/mol. The van der Waals surface area contributed by atoms with Crippen LogP contribution in [0.3, 0.4) is 0 Å². The van der Waals surface area contributed by atoms with Gasteiger partial charge < -0.3 is 12.0 Å². The van der Waals surface area contributed by atoms with Crippen molar-refractivity contribution in [1.29, 1.82) is 0 Å². The van der Waals surface area contributed by atoms with E-state index in [1.165, 1.54) is 0 Å². The van der Waals surface area contributed by atoms with Crippen molar-refractivity contribution in [2.45, 2.75) is 0 Å². The summed E-state index contributed by atoms with van der Waals surface area (Å²) in [5.41, 5.74) is 0. The summed E-state index contributed by atoms with van der Waals surface area (Å²) in [5.74, 6) is 0. The van der Waals surface area contributed by atoms with Crippen LogP contribution in [-0.2, 0) is 21.6 Å². The molecule has 3 heteroatoms. The zero-order valence-electron chi connectivity index (χ0n) is 8.98. The number of hydrogen-bond acceptors (Lipinski definition) is 1. The second kappa shape index (κ2) is 7.46. The third-order valence-corrected chi connectivity index (χ3v) is 3.79. The summed E-state index contributed by atoms with van der Waals surface area (Å²) in [6.45, 7) is 0. The maximum Gasteiger partial charge on any atom is 1.00 e. The first kappa shape index (κ1) is 15.2. The van der Waals surface area contributed by atoms with Gasteiger partial charge in [0.25, 0.3) is 0 Å². The van der Waals surface area contributed by atoms with Crippen LogP contribution in [0.2, 0.25) is 0 Å². The normalized spacial score (nSPS) is 9.06. The predicted octanol–water partition coefficient (Wildman–Crippen LogP) is 2.64. The van der Waals surface area contributed by atoms with Crippen molar-refractivity contribution in [2.24, 2.45) is 0 Å². The van der Waals surface area contributed by atoms with Crippen LogP contribution in [0.25, 0.3) is 0 Å². The van der Waals surface area contributed by atoms with E-state index in [4.69, 9.17) is 0 Å². The summed E-state index contributed by atoms with van der Waals surface area (Å²) in [4.78, 5) is 0. The second-order valence-corrected chi connectivity index (χ2v) is 4.87. The Hall–Kier alpha value is -0.811. The Morgan fingerprint density at radius 3 is 1.31 bits per heavy atom. The standard InChI is InChI=1S/C12H11OP.CH3.Cu/c13-14(11-7-3-1-4-8-11)12-9-5-2-6-10-12;;/h1-10,14H;1H3;/q;-1;+1. The molecule has 0 N–H and O–H groups in total. The largest absolute Gasteiger partial charge is 1.00 e. The molecule has 0 fully saturated rings. The second-order valence-electron chi connectivity index (χ2n) is 3.06. The monoisotopic (exact) mass is 280 g/mol. The van der Waals surface area contributed by atoms with Crippen LogP contribution in [0.15, 0.2) is 60.7 Å². The van der Waals surface area contributed by atoms with E-state index in [-0.39, 0.29) is 24.5 Å². The maximum atomic E-state index is 12.0. The third-order valence-electron chi connectivity index (χ3n) is 2.07. The summed E-state index contributed by atoms with van der Waals surface area (Å²) in [7, 11) is -1.79. The summed E-state index contributed by atoms with van der Waals surface area (Å²) >= 11 is 0. The number of benzene rings is 2. The Bertz CT molecular complexity index is 387. The minimum Gasteiger partial charge on any atom is -0.358 e. The minimum absolute atomic E-state index is 0. The minimum atomic E-state index is -1.79. The molecule has 0 aliphatic carbocycles.